The van der Waals surface area contributed by atoms with Gasteiger partial charge in [-0.3, -0.25) is 0 Å². The van der Waals surface area contributed by atoms with Crippen molar-refractivity contribution < 1.29 is 0 Å². The number of thiophene rings is 1. The van der Waals surface area contributed by atoms with Gasteiger partial charge in [0, 0.05) is 5.38 Å². The van der Waals surface area contributed by atoms with Gasteiger partial charge in [0.2, 0.25) is 0 Å². The summed E-state index contributed by atoms with van der Waals surface area (Å²) in [5.74, 6) is 0. The van der Waals surface area contributed by atoms with Gasteiger partial charge >= 0.3 is 0 Å². The maximum atomic E-state index is 5.46. The van der Waals surface area contributed by atoms with Gasteiger partial charge in [0.1, 0.15) is 15.7 Å². The molecule has 66 valence electrons. The second-order valence-corrected chi connectivity index (χ2v) is 4.63. The average molecular weight is 226 g/mol. The molecule has 0 amide bonds. The van der Waals surface area contributed by atoms with Gasteiger partial charge < -0.3 is 5.73 Å². The van der Waals surface area contributed by atoms with E-state index >= 15 is 0 Å². The zero-order valence-corrected chi connectivity index (χ0v) is 9.01. The summed E-state index contributed by atoms with van der Waals surface area (Å²) in [7, 11) is 0. The number of hydrogen-bond acceptors (Lipinski definition) is 4. The Morgan fingerprint density at radius 2 is 2.31 bits per heavy atom. The minimum Gasteiger partial charge on any atom is -0.388 e. The maximum Gasteiger partial charge on any atom is 0.134 e. The van der Waals surface area contributed by atoms with Gasteiger partial charge in [-0.15, -0.1) is 22.7 Å². The summed E-state index contributed by atoms with van der Waals surface area (Å²) < 4.78 is 0. The SMILES string of the molecule is NC(=S)c1csc(-c2cccs2)n1. The zero-order valence-electron chi connectivity index (χ0n) is 6.56. The lowest BCUT2D eigenvalue weighted by Crippen LogP contribution is -2.09. The van der Waals surface area contributed by atoms with Crippen LogP contribution >= 0.6 is 34.9 Å². The van der Waals surface area contributed by atoms with Gasteiger partial charge in [0.15, 0.2) is 0 Å². The minimum atomic E-state index is 0.360. The normalized spacial score (nSPS) is 10.2. The maximum absolute atomic E-state index is 5.46. The molecular formula is C8H6N2S3. The third-order valence-electron chi connectivity index (χ3n) is 1.49. The summed E-state index contributed by atoms with van der Waals surface area (Å²) in [6.45, 7) is 0. The van der Waals surface area contributed by atoms with E-state index in [0.29, 0.717) is 10.7 Å². The first-order valence-electron chi connectivity index (χ1n) is 3.56. The smallest absolute Gasteiger partial charge is 0.134 e. The monoisotopic (exact) mass is 226 g/mol. The first-order valence-corrected chi connectivity index (χ1v) is 5.73. The number of nitrogens with zero attached hydrogens (tertiary/aromatic N) is 1. The van der Waals surface area contributed by atoms with Crippen LogP contribution in [0.4, 0.5) is 0 Å². The van der Waals surface area contributed by atoms with E-state index in [2.05, 4.69) is 4.98 Å². The van der Waals surface area contributed by atoms with Gasteiger partial charge in [-0.2, -0.15) is 0 Å². The van der Waals surface area contributed by atoms with Crippen molar-refractivity contribution in [1.29, 1.82) is 0 Å². The third-order valence-corrected chi connectivity index (χ3v) is 3.58. The van der Waals surface area contributed by atoms with Crippen molar-refractivity contribution in [3.63, 3.8) is 0 Å². The lowest BCUT2D eigenvalue weighted by Gasteiger charge is -1.88. The van der Waals surface area contributed by atoms with E-state index < -0.39 is 0 Å². The van der Waals surface area contributed by atoms with Crippen LogP contribution < -0.4 is 5.73 Å². The number of rotatable bonds is 2. The summed E-state index contributed by atoms with van der Waals surface area (Å²) in [6.07, 6.45) is 0. The highest BCUT2D eigenvalue weighted by atomic mass is 32.1. The predicted molar refractivity (Wildman–Crippen MR) is 61.3 cm³/mol. The topological polar surface area (TPSA) is 38.9 Å². The van der Waals surface area contributed by atoms with E-state index in [1.807, 2.05) is 22.9 Å². The Kier molecular flexibility index (Phi) is 2.39. The lowest BCUT2D eigenvalue weighted by molar-refractivity contribution is 1.38. The van der Waals surface area contributed by atoms with Crippen LogP contribution in [0.15, 0.2) is 22.9 Å². The van der Waals surface area contributed by atoms with Crippen molar-refractivity contribution in [3.8, 4) is 9.88 Å². The van der Waals surface area contributed by atoms with E-state index in [1.165, 1.54) is 0 Å². The quantitative estimate of drug-likeness (QED) is 0.800. The van der Waals surface area contributed by atoms with Crippen LogP contribution in [0.2, 0.25) is 0 Å². The van der Waals surface area contributed by atoms with E-state index in [9.17, 15) is 0 Å². The van der Waals surface area contributed by atoms with E-state index in [0.717, 1.165) is 9.88 Å². The molecule has 0 spiro atoms. The van der Waals surface area contributed by atoms with Crippen LogP contribution in [-0.4, -0.2) is 9.97 Å². The van der Waals surface area contributed by atoms with Crippen molar-refractivity contribution >= 4 is 39.9 Å². The second kappa shape index (κ2) is 3.53. The second-order valence-electron chi connectivity index (χ2n) is 2.38. The molecule has 5 heteroatoms. The molecule has 13 heavy (non-hydrogen) atoms. The van der Waals surface area contributed by atoms with Crippen molar-refractivity contribution in [1.82, 2.24) is 4.98 Å². The minimum absolute atomic E-state index is 0.360. The van der Waals surface area contributed by atoms with Gasteiger partial charge in [-0.1, -0.05) is 18.3 Å². The molecule has 0 fully saturated rings. The Bertz CT molecular complexity index is 416. The van der Waals surface area contributed by atoms with Gasteiger partial charge in [0.05, 0.1) is 4.88 Å². The first kappa shape index (κ1) is 8.80. The Morgan fingerprint density at radius 3 is 2.85 bits per heavy atom. The number of thiazole rings is 1. The average Bonchev–Trinajstić information content (AvgIpc) is 2.75. The lowest BCUT2D eigenvalue weighted by atomic mass is 10.4. The molecule has 0 atom stereocenters. The highest BCUT2D eigenvalue weighted by Crippen LogP contribution is 2.27. The highest BCUT2D eigenvalue weighted by Gasteiger charge is 2.06. The summed E-state index contributed by atoms with van der Waals surface area (Å²) in [5, 5.41) is 4.90. The van der Waals surface area contributed by atoms with E-state index in [4.69, 9.17) is 18.0 Å². The Labute approximate surface area is 89.1 Å². The number of hydrogen-bond donors (Lipinski definition) is 1. The molecule has 0 aliphatic carbocycles. The molecule has 2 nitrogen and oxygen atoms in total. The Balaban J connectivity index is 2.39. The van der Waals surface area contributed by atoms with Crippen LogP contribution in [0.1, 0.15) is 5.69 Å². The van der Waals surface area contributed by atoms with E-state index in [-0.39, 0.29) is 0 Å². The molecule has 0 bridgehead atoms. The van der Waals surface area contributed by atoms with Crippen LogP contribution in [-0.2, 0) is 0 Å². The molecule has 0 saturated carbocycles. The number of thiocarbonyl (C=S) groups is 1. The molecular weight excluding hydrogens is 220 g/mol. The first-order chi connectivity index (χ1) is 6.27. The summed E-state index contributed by atoms with van der Waals surface area (Å²) >= 11 is 8.06. The van der Waals surface area contributed by atoms with Crippen LogP contribution in [0.5, 0.6) is 0 Å². The molecule has 2 heterocycles. The van der Waals surface area contributed by atoms with Crippen molar-refractivity contribution in [3.05, 3.63) is 28.6 Å². The fourth-order valence-corrected chi connectivity index (χ4v) is 2.71. The molecule has 0 aromatic carbocycles. The standard InChI is InChI=1S/C8H6N2S3/c9-7(11)5-4-13-8(10-5)6-2-1-3-12-6/h1-4H,(H2,9,11). The highest BCUT2D eigenvalue weighted by molar-refractivity contribution is 7.80. The van der Waals surface area contributed by atoms with Crippen molar-refractivity contribution in [2.24, 2.45) is 5.73 Å². The summed E-state index contributed by atoms with van der Waals surface area (Å²) in [5.41, 5.74) is 6.17. The third kappa shape index (κ3) is 1.77. The molecule has 0 aliphatic rings. The van der Waals surface area contributed by atoms with Gasteiger partial charge in [-0.25, -0.2) is 4.98 Å². The molecule has 0 aliphatic heterocycles. The largest absolute Gasteiger partial charge is 0.388 e. The zero-order chi connectivity index (χ0) is 9.26. The molecule has 0 unspecified atom stereocenters. The molecule has 0 saturated heterocycles. The summed E-state index contributed by atoms with van der Waals surface area (Å²) in [6, 6.07) is 4.04. The van der Waals surface area contributed by atoms with Crippen LogP contribution in [0.3, 0.4) is 0 Å². The molecule has 2 aromatic heterocycles. The van der Waals surface area contributed by atoms with Crippen molar-refractivity contribution in [2.75, 3.05) is 0 Å². The van der Waals surface area contributed by atoms with Crippen molar-refractivity contribution in [2.45, 2.75) is 0 Å². The number of aromatic nitrogens is 1. The fourth-order valence-electron chi connectivity index (χ4n) is 0.900. The van der Waals surface area contributed by atoms with Gasteiger partial charge in [0.25, 0.3) is 0 Å². The van der Waals surface area contributed by atoms with Crippen LogP contribution in [0, 0.1) is 0 Å². The summed E-state index contributed by atoms with van der Waals surface area (Å²) in [4.78, 5) is 5.83. The fraction of sp³-hybridized carbons (Fsp3) is 0. The molecule has 2 N–H and O–H groups in total. The number of nitrogens with two attached hydrogens (primary N) is 1. The van der Waals surface area contributed by atoms with E-state index in [1.54, 1.807) is 22.7 Å². The molecule has 2 aromatic rings. The Hall–Kier alpha value is -0.780. The molecule has 2 rings (SSSR count). The van der Waals surface area contributed by atoms with Crippen LogP contribution in [0.25, 0.3) is 9.88 Å². The molecule has 0 radical (unpaired) electrons. The predicted octanol–water partition coefficient (Wildman–Crippen LogP) is 2.51. The Morgan fingerprint density at radius 1 is 1.46 bits per heavy atom. The van der Waals surface area contributed by atoms with Gasteiger partial charge in [-0.05, 0) is 11.4 Å².